The zero-order chi connectivity index (χ0) is 6.97. The van der Waals surface area contributed by atoms with Gasteiger partial charge in [0, 0.05) is 23.7 Å². The van der Waals surface area contributed by atoms with Crippen molar-refractivity contribution in [1.29, 1.82) is 0 Å². The molecule has 0 amide bonds. The van der Waals surface area contributed by atoms with E-state index in [0.717, 1.165) is 16.9 Å². The van der Waals surface area contributed by atoms with E-state index >= 15 is 0 Å². The standard InChI is InChI=1S/C7H5NOS/c9-7-6-1-2-8-3-5(6)4-10-7/h1-3H,4H2. The summed E-state index contributed by atoms with van der Waals surface area (Å²) in [6.45, 7) is 0. The Hall–Kier alpha value is -0.830. The summed E-state index contributed by atoms with van der Waals surface area (Å²) in [7, 11) is 0. The first-order valence-corrected chi connectivity index (χ1v) is 3.96. The highest BCUT2D eigenvalue weighted by Gasteiger charge is 2.18. The van der Waals surface area contributed by atoms with Gasteiger partial charge in [0.1, 0.15) is 0 Å². The van der Waals surface area contributed by atoms with Crippen molar-refractivity contribution >= 4 is 16.9 Å². The minimum atomic E-state index is 0.178. The number of carbonyl (C=O) groups excluding carboxylic acids is 1. The number of carbonyl (C=O) groups is 1. The number of hydrogen-bond acceptors (Lipinski definition) is 3. The molecular weight excluding hydrogens is 146 g/mol. The SMILES string of the molecule is O=C1SCc2cnccc21. The molecule has 3 heteroatoms. The first-order chi connectivity index (χ1) is 4.88. The third-order valence-corrected chi connectivity index (χ3v) is 2.42. The van der Waals surface area contributed by atoms with Crippen molar-refractivity contribution in [3.8, 4) is 0 Å². The molecule has 0 atom stereocenters. The van der Waals surface area contributed by atoms with Gasteiger partial charge in [-0.1, -0.05) is 11.8 Å². The summed E-state index contributed by atoms with van der Waals surface area (Å²) in [6, 6.07) is 1.78. The molecule has 50 valence electrons. The van der Waals surface area contributed by atoms with Gasteiger partial charge in [0.05, 0.1) is 0 Å². The number of aromatic nitrogens is 1. The lowest BCUT2D eigenvalue weighted by Gasteiger charge is -1.90. The van der Waals surface area contributed by atoms with E-state index in [1.807, 2.05) is 0 Å². The maximum Gasteiger partial charge on any atom is 0.220 e. The zero-order valence-electron chi connectivity index (χ0n) is 5.20. The monoisotopic (exact) mass is 151 g/mol. The number of rotatable bonds is 0. The molecule has 2 heterocycles. The lowest BCUT2D eigenvalue weighted by Crippen LogP contribution is -1.87. The predicted octanol–water partition coefficient (Wildman–Crippen LogP) is 1.47. The maximum absolute atomic E-state index is 11.0. The Morgan fingerprint density at radius 1 is 1.60 bits per heavy atom. The second-order valence-corrected chi connectivity index (χ2v) is 3.06. The highest BCUT2D eigenvalue weighted by molar-refractivity contribution is 8.13. The van der Waals surface area contributed by atoms with Crippen LogP contribution in [0.25, 0.3) is 0 Å². The Bertz CT molecular complexity index is 285. The van der Waals surface area contributed by atoms with Gasteiger partial charge < -0.3 is 0 Å². The Morgan fingerprint density at radius 3 is 3.30 bits per heavy atom. The molecule has 0 bridgehead atoms. The number of pyridine rings is 1. The molecule has 2 rings (SSSR count). The number of nitrogens with zero attached hydrogens (tertiary/aromatic N) is 1. The first kappa shape index (κ1) is 5.92. The van der Waals surface area contributed by atoms with E-state index in [1.54, 1.807) is 18.5 Å². The Balaban J connectivity index is 2.61. The van der Waals surface area contributed by atoms with Gasteiger partial charge in [-0.25, -0.2) is 0 Å². The predicted molar refractivity (Wildman–Crippen MR) is 39.9 cm³/mol. The van der Waals surface area contributed by atoms with Gasteiger partial charge in [-0.15, -0.1) is 0 Å². The molecular formula is C7H5NOS. The molecule has 10 heavy (non-hydrogen) atoms. The number of fused-ring (bicyclic) bond motifs is 1. The minimum Gasteiger partial charge on any atom is -0.282 e. The quantitative estimate of drug-likeness (QED) is 0.562. The molecule has 0 spiro atoms. The normalized spacial score (nSPS) is 15.4. The van der Waals surface area contributed by atoms with Crippen molar-refractivity contribution < 1.29 is 4.79 Å². The molecule has 1 aliphatic heterocycles. The van der Waals surface area contributed by atoms with E-state index in [2.05, 4.69) is 4.98 Å². The summed E-state index contributed by atoms with van der Waals surface area (Å²) in [5.41, 5.74) is 1.90. The van der Waals surface area contributed by atoms with Gasteiger partial charge in [0.25, 0.3) is 0 Å². The van der Waals surface area contributed by atoms with Crippen LogP contribution in [-0.4, -0.2) is 10.1 Å². The van der Waals surface area contributed by atoms with Crippen LogP contribution in [0, 0.1) is 0 Å². The summed E-state index contributed by atoms with van der Waals surface area (Å²) >= 11 is 1.35. The first-order valence-electron chi connectivity index (χ1n) is 2.98. The van der Waals surface area contributed by atoms with E-state index < -0.39 is 0 Å². The van der Waals surface area contributed by atoms with Crippen molar-refractivity contribution in [3.05, 3.63) is 29.6 Å². The van der Waals surface area contributed by atoms with E-state index in [0.29, 0.717) is 0 Å². The summed E-state index contributed by atoms with van der Waals surface area (Å²) in [4.78, 5) is 14.9. The molecule has 0 saturated heterocycles. The van der Waals surface area contributed by atoms with Crippen LogP contribution >= 0.6 is 11.8 Å². The molecule has 0 radical (unpaired) electrons. The summed E-state index contributed by atoms with van der Waals surface area (Å²) in [6.07, 6.45) is 3.41. The van der Waals surface area contributed by atoms with E-state index in [4.69, 9.17) is 0 Å². The topological polar surface area (TPSA) is 30.0 Å². The number of thioether (sulfide) groups is 1. The molecule has 0 aliphatic carbocycles. The van der Waals surface area contributed by atoms with Gasteiger partial charge in [0.15, 0.2) is 0 Å². The fourth-order valence-corrected chi connectivity index (χ4v) is 1.83. The molecule has 0 unspecified atom stereocenters. The van der Waals surface area contributed by atoms with Gasteiger partial charge in [-0.2, -0.15) is 0 Å². The lowest BCUT2D eigenvalue weighted by molar-refractivity contribution is 0.109. The minimum absolute atomic E-state index is 0.178. The van der Waals surface area contributed by atoms with Gasteiger partial charge in [-0.3, -0.25) is 9.78 Å². The lowest BCUT2D eigenvalue weighted by atomic mass is 10.2. The molecule has 0 fully saturated rings. The van der Waals surface area contributed by atoms with Crippen LogP contribution in [0.4, 0.5) is 0 Å². The Morgan fingerprint density at radius 2 is 2.50 bits per heavy atom. The molecule has 0 N–H and O–H groups in total. The Labute approximate surface area is 62.7 Å². The average Bonchev–Trinajstić information content (AvgIpc) is 2.34. The molecule has 1 aromatic heterocycles. The van der Waals surface area contributed by atoms with Crippen LogP contribution in [0.2, 0.25) is 0 Å². The van der Waals surface area contributed by atoms with Crippen LogP contribution in [0.1, 0.15) is 15.9 Å². The van der Waals surface area contributed by atoms with E-state index in [-0.39, 0.29) is 5.12 Å². The van der Waals surface area contributed by atoms with E-state index in [1.165, 1.54) is 11.8 Å². The van der Waals surface area contributed by atoms with Crippen molar-refractivity contribution in [2.45, 2.75) is 5.75 Å². The highest BCUT2D eigenvalue weighted by Crippen LogP contribution is 2.28. The van der Waals surface area contributed by atoms with Gasteiger partial charge in [-0.05, 0) is 11.6 Å². The van der Waals surface area contributed by atoms with Crippen LogP contribution < -0.4 is 0 Å². The van der Waals surface area contributed by atoms with Crippen molar-refractivity contribution in [1.82, 2.24) is 4.98 Å². The largest absolute Gasteiger partial charge is 0.282 e. The van der Waals surface area contributed by atoms with E-state index in [9.17, 15) is 4.79 Å². The highest BCUT2D eigenvalue weighted by atomic mass is 32.2. The average molecular weight is 151 g/mol. The summed E-state index contributed by atoms with van der Waals surface area (Å²) in [5.74, 6) is 0.794. The fourth-order valence-electron chi connectivity index (χ4n) is 0.962. The smallest absolute Gasteiger partial charge is 0.220 e. The molecule has 1 aromatic rings. The molecule has 0 aromatic carbocycles. The van der Waals surface area contributed by atoms with Gasteiger partial charge >= 0.3 is 0 Å². The van der Waals surface area contributed by atoms with Crippen LogP contribution in [0.5, 0.6) is 0 Å². The van der Waals surface area contributed by atoms with Crippen molar-refractivity contribution in [3.63, 3.8) is 0 Å². The third-order valence-electron chi connectivity index (χ3n) is 1.48. The Kier molecular flexibility index (Phi) is 1.24. The zero-order valence-corrected chi connectivity index (χ0v) is 6.02. The maximum atomic E-state index is 11.0. The van der Waals surface area contributed by atoms with Crippen LogP contribution in [-0.2, 0) is 5.75 Å². The second-order valence-electron chi connectivity index (χ2n) is 2.11. The van der Waals surface area contributed by atoms with Crippen LogP contribution in [0.15, 0.2) is 18.5 Å². The summed E-state index contributed by atoms with van der Waals surface area (Å²) in [5, 5.41) is 0.178. The van der Waals surface area contributed by atoms with Crippen molar-refractivity contribution in [2.24, 2.45) is 0 Å². The number of hydrogen-bond donors (Lipinski definition) is 0. The molecule has 1 aliphatic rings. The van der Waals surface area contributed by atoms with Gasteiger partial charge in [0.2, 0.25) is 5.12 Å². The van der Waals surface area contributed by atoms with Crippen molar-refractivity contribution in [2.75, 3.05) is 0 Å². The third kappa shape index (κ3) is 0.743. The molecule has 0 saturated carbocycles. The summed E-state index contributed by atoms with van der Waals surface area (Å²) < 4.78 is 0. The molecule has 2 nitrogen and oxygen atoms in total. The van der Waals surface area contributed by atoms with Crippen LogP contribution in [0.3, 0.4) is 0 Å². The second kappa shape index (κ2) is 2.09. The fraction of sp³-hybridized carbons (Fsp3) is 0.143.